The molecule has 0 unspecified atom stereocenters. The van der Waals surface area contributed by atoms with Crippen LogP contribution in [0.4, 0.5) is 35.1 Å². The molecular formula is C10H14F8. The molecule has 0 aliphatic carbocycles. The van der Waals surface area contributed by atoms with E-state index in [-0.39, 0.29) is 0 Å². The lowest BCUT2D eigenvalue weighted by Crippen LogP contribution is -2.62. The van der Waals surface area contributed by atoms with E-state index in [4.69, 9.17) is 0 Å². The summed E-state index contributed by atoms with van der Waals surface area (Å²) in [6.45, 7) is 2.12. The topological polar surface area (TPSA) is 0 Å². The lowest BCUT2D eigenvalue weighted by Gasteiger charge is -2.36. The molecule has 0 atom stereocenters. The normalized spacial score (nSPS) is 15.0. The largest absolute Gasteiger partial charge is 0.378 e. The lowest BCUT2D eigenvalue weighted by molar-refractivity contribution is -0.367. The molecule has 0 radical (unpaired) electrons. The predicted molar refractivity (Wildman–Crippen MR) is 49.6 cm³/mol. The zero-order valence-electron chi connectivity index (χ0n) is 9.85. The number of hydrogen-bond acceptors (Lipinski definition) is 0. The highest BCUT2D eigenvalue weighted by atomic mass is 19.4. The third-order valence-corrected chi connectivity index (χ3v) is 2.44. The van der Waals surface area contributed by atoms with Crippen molar-refractivity contribution in [2.45, 2.75) is 63.2 Å². The Morgan fingerprint density at radius 1 is 0.556 bits per heavy atom. The number of hydrogen-bond donors (Lipinski definition) is 0. The van der Waals surface area contributed by atoms with Gasteiger partial charge in [-0.25, -0.2) is 0 Å². The molecule has 0 rings (SSSR count). The average Bonchev–Trinajstić information content (AvgIpc) is 2.16. The molecule has 0 saturated heterocycles. The van der Waals surface area contributed by atoms with Crippen LogP contribution in [0, 0.1) is 0 Å². The van der Waals surface area contributed by atoms with E-state index < -0.39 is 49.4 Å². The van der Waals surface area contributed by atoms with E-state index in [9.17, 15) is 35.1 Å². The summed E-state index contributed by atoms with van der Waals surface area (Å²) in [5, 5.41) is 0. The van der Waals surface area contributed by atoms with Crippen LogP contribution in [-0.2, 0) is 0 Å². The summed E-state index contributed by atoms with van der Waals surface area (Å²) < 4.78 is 104. The van der Waals surface area contributed by atoms with Crippen LogP contribution >= 0.6 is 0 Å². The Balaban J connectivity index is 5.43. The average molecular weight is 286 g/mol. The molecule has 0 saturated carbocycles. The van der Waals surface area contributed by atoms with Gasteiger partial charge < -0.3 is 0 Å². The first-order valence-corrected chi connectivity index (χ1v) is 5.38. The summed E-state index contributed by atoms with van der Waals surface area (Å²) in [5.74, 6) is -22.5. The van der Waals surface area contributed by atoms with Gasteiger partial charge in [-0.3, -0.25) is 0 Å². The maximum Gasteiger partial charge on any atom is 0.378 e. The molecule has 0 bridgehead atoms. The van der Waals surface area contributed by atoms with E-state index in [0.29, 0.717) is 0 Å². The van der Waals surface area contributed by atoms with Crippen molar-refractivity contribution in [2.24, 2.45) is 0 Å². The smallest absolute Gasteiger partial charge is 0.200 e. The van der Waals surface area contributed by atoms with E-state index in [1.807, 2.05) is 0 Å². The summed E-state index contributed by atoms with van der Waals surface area (Å²) in [7, 11) is 0. The van der Waals surface area contributed by atoms with Gasteiger partial charge in [0.25, 0.3) is 0 Å². The molecule has 0 nitrogen and oxygen atoms in total. The van der Waals surface area contributed by atoms with Crippen molar-refractivity contribution in [1.29, 1.82) is 0 Å². The maximum atomic E-state index is 13.0. The van der Waals surface area contributed by atoms with Gasteiger partial charge in [-0.2, -0.15) is 35.1 Å². The zero-order valence-corrected chi connectivity index (χ0v) is 9.85. The van der Waals surface area contributed by atoms with Crippen molar-refractivity contribution < 1.29 is 35.1 Å². The van der Waals surface area contributed by atoms with Crippen LogP contribution in [0.5, 0.6) is 0 Å². The van der Waals surface area contributed by atoms with E-state index in [0.717, 1.165) is 13.8 Å². The SMILES string of the molecule is CCCC(F)(F)C(F)(F)C(F)(F)C(F)(F)CCC. The highest BCUT2D eigenvalue weighted by molar-refractivity contribution is 5.03. The summed E-state index contributed by atoms with van der Waals surface area (Å²) >= 11 is 0. The van der Waals surface area contributed by atoms with Crippen LogP contribution in [0.1, 0.15) is 39.5 Å². The van der Waals surface area contributed by atoms with Gasteiger partial charge in [-0.1, -0.05) is 26.7 Å². The van der Waals surface area contributed by atoms with Crippen molar-refractivity contribution in [1.82, 2.24) is 0 Å². The van der Waals surface area contributed by atoms with Crippen LogP contribution in [-0.4, -0.2) is 23.7 Å². The third-order valence-electron chi connectivity index (χ3n) is 2.44. The van der Waals surface area contributed by atoms with Gasteiger partial charge in [0.05, 0.1) is 0 Å². The van der Waals surface area contributed by atoms with Crippen molar-refractivity contribution in [3.05, 3.63) is 0 Å². The van der Waals surface area contributed by atoms with E-state index in [1.165, 1.54) is 0 Å². The molecule has 0 aromatic carbocycles. The van der Waals surface area contributed by atoms with Gasteiger partial charge in [0.2, 0.25) is 0 Å². The van der Waals surface area contributed by atoms with Gasteiger partial charge in [0, 0.05) is 12.8 Å². The standard InChI is InChI=1S/C10H14F8/c1-3-5-7(11,12)9(15,16)10(17,18)8(13,14)6-4-2/h3-6H2,1-2H3. The molecule has 0 fully saturated rings. The van der Waals surface area contributed by atoms with Gasteiger partial charge in [0.1, 0.15) is 0 Å². The number of rotatable bonds is 7. The van der Waals surface area contributed by atoms with Gasteiger partial charge in [-0.15, -0.1) is 0 Å². The Labute approximate surface area is 99.3 Å². The molecule has 0 amide bonds. The Morgan fingerprint density at radius 3 is 0.944 bits per heavy atom. The van der Waals surface area contributed by atoms with Crippen LogP contribution < -0.4 is 0 Å². The third kappa shape index (κ3) is 2.71. The fourth-order valence-corrected chi connectivity index (χ4v) is 1.40. The first kappa shape index (κ1) is 17.4. The fourth-order valence-electron chi connectivity index (χ4n) is 1.40. The molecule has 0 spiro atoms. The first-order valence-electron chi connectivity index (χ1n) is 5.38. The van der Waals surface area contributed by atoms with Crippen molar-refractivity contribution in [3.63, 3.8) is 0 Å². The minimum atomic E-state index is -6.09. The second-order valence-electron chi connectivity index (χ2n) is 4.06. The summed E-state index contributed by atoms with van der Waals surface area (Å²) in [6.07, 6.45) is -4.23. The Hall–Kier alpha value is -0.560. The number of alkyl halides is 8. The molecule has 0 aromatic heterocycles. The zero-order chi connectivity index (χ0) is 14.8. The van der Waals surface area contributed by atoms with Crippen molar-refractivity contribution >= 4 is 0 Å². The quantitative estimate of drug-likeness (QED) is 0.569. The van der Waals surface area contributed by atoms with Crippen LogP contribution in [0.15, 0.2) is 0 Å². The second-order valence-corrected chi connectivity index (χ2v) is 4.06. The monoisotopic (exact) mass is 286 g/mol. The minimum absolute atomic E-state index is 0.530. The molecule has 0 aliphatic heterocycles. The molecular weight excluding hydrogens is 272 g/mol. The first-order chi connectivity index (χ1) is 7.87. The van der Waals surface area contributed by atoms with Crippen molar-refractivity contribution in [2.75, 3.05) is 0 Å². The van der Waals surface area contributed by atoms with E-state index >= 15 is 0 Å². The Morgan fingerprint density at radius 2 is 0.778 bits per heavy atom. The highest BCUT2D eigenvalue weighted by Crippen LogP contribution is 2.54. The van der Waals surface area contributed by atoms with Gasteiger partial charge >= 0.3 is 23.7 Å². The molecule has 8 heteroatoms. The minimum Gasteiger partial charge on any atom is -0.200 e. The highest BCUT2D eigenvalue weighted by Gasteiger charge is 2.79. The second kappa shape index (κ2) is 5.21. The summed E-state index contributed by atoms with van der Waals surface area (Å²) in [5.41, 5.74) is 0. The predicted octanol–water partition coefficient (Wildman–Crippen LogP) is 5.13. The number of halogens is 8. The Kier molecular flexibility index (Phi) is 5.04. The van der Waals surface area contributed by atoms with Crippen molar-refractivity contribution in [3.8, 4) is 0 Å². The molecule has 0 heterocycles. The summed E-state index contributed by atoms with van der Waals surface area (Å²) in [4.78, 5) is 0. The lowest BCUT2D eigenvalue weighted by atomic mass is 9.93. The van der Waals surface area contributed by atoms with Gasteiger partial charge in [-0.05, 0) is 0 Å². The molecule has 0 aliphatic rings. The van der Waals surface area contributed by atoms with Gasteiger partial charge in [0.15, 0.2) is 0 Å². The van der Waals surface area contributed by atoms with Crippen LogP contribution in [0.3, 0.4) is 0 Å². The van der Waals surface area contributed by atoms with Crippen LogP contribution in [0.2, 0.25) is 0 Å². The fraction of sp³-hybridized carbons (Fsp3) is 1.00. The molecule has 0 N–H and O–H groups in total. The molecule has 110 valence electrons. The maximum absolute atomic E-state index is 13.0. The van der Waals surface area contributed by atoms with Crippen LogP contribution in [0.25, 0.3) is 0 Å². The molecule has 0 aromatic rings. The Bertz CT molecular complexity index is 243. The molecule has 18 heavy (non-hydrogen) atoms. The van der Waals surface area contributed by atoms with E-state index in [1.54, 1.807) is 0 Å². The van der Waals surface area contributed by atoms with E-state index in [2.05, 4.69) is 0 Å². The summed E-state index contributed by atoms with van der Waals surface area (Å²) in [6, 6.07) is 0.